The van der Waals surface area contributed by atoms with E-state index in [1.165, 1.54) is 18.5 Å². The SMILES string of the molecule is O=S1(=O)c2ccccc2OC1c1cnc(OCC2CCN(c3ncc(Cl)cn3)CC2)nc1. The first-order valence-electron chi connectivity index (χ1n) is 10.2. The maximum atomic E-state index is 12.7. The van der Waals surface area contributed by atoms with Crippen LogP contribution in [0.25, 0.3) is 0 Å². The Morgan fingerprint density at radius 1 is 1.03 bits per heavy atom. The number of anilines is 1. The van der Waals surface area contributed by atoms with Crippen LogP contribution in [0, 0.1) is 5.92 Å². The van der Waals surface area contributed by atoms with Crippen LogP contribution in [-0.2, 0) is 9.84 Å². The van der Waals surface area contributed by atoms with E-state index in [0.29, 0.717) is 34.8 Å². The minimum atomic E-state index is -3.64. The molecule has 0 aliphatic carbocycles. The number of benzene rings is 1. The Morgan fingerprint density at radius 2 is 1.72 bits per heavy atom. The lowest BCUT2D eigenvalue weighted by Gasteiger charge is -2.31. The second kappa shape index (κ2) is 8.51. The predicted octanol–water partition coefficient (Wildman–Crippen LogP) is 3.08. The van der Waals surface area contributed by atoms with E-state index >= 15 is 0 Å². The Hall–Kier alpha value is -2.98. The van der Waals surface area contributed by atoms with Gasteiger partial charge in [0.05, 0.1) is 24.0 Å². The zero-order chi connectivity index (χ0) is 22.1. The van der Waals surface area contributed by atoms with E-state index in [1.807, 2.05) is 0 Å². The summed E-state index contributed by atoms with van der Waals surface area (Å²) in [6, 6.07) is 6.79. The molecule has 1 saturated heterocycles. The zero-order valence-corrected chi connectivity index (χ0v) is 18.5. The van der Waals surface area contributed by atoms with Crippen molar-refractivity contribution in [3.63, 3.8) is 0 Å². The van der Waals surface area contributed by atoms with E-state index in [2.05, 4.69) is 24.8 Å². The summed E-state index contributed by atoms with van der Waals surface area (Å²) < 4.78 is 36.8. The molecule has 0 bridgehead atoms. The molecule has 0 spiro atoms. The molecular formula is C21H20ClN5O4S. The highest BCUT2D eigenvalue weighted by Gasteiger charge is 2.40. The first-order valence-corrected chi connectivity index (χ1v) is 12.1. The summed E-state index contributed by atoms with van der Waals surface area (Å²) in [7, 11) is -3.64. The average Bonchev–Trinajstić information content (AvgIpc) is 3.10. The summed E-state index contributed by atoms with van der Waals surface area (Å²) in [6.07, 6.45) is 7.93. The molecule has 0 radical (unpaired) electrons. The lowest BCUT2D eigenvalue weighted by Crippen LogP contribution is -2.36. The zero-order valence-electron chi connectivity index (χ0n) is 17.0. The Morgan fingerprint density at radius 3 is 2.41 bits per heavy atom. The molecule has 2 aliphatic rings. The van der Waals surface area contributed by atoms with Gasteiger partial charge >= 0.3 is 6.01 Å². The van der Waals surface area contributed by atoms with Gasteiger partial charge in [-0.3, -0.25) is 0 Å². The lowest BCUT2D eigenvalue weighted by atomic mass is 9.98. The van der Waals surface area contributed by atoms with Gasteiger partial charge in [-0.1, -0.05) is 23.7 Å². The van der Waals surface area contributed by atoms with Gasteiger partial charge in [0.1, 0.15) is 10.6 Å². The molecule has 1 aromatic carbocycles. The Balaban J connectivity index is 1.16. The van der Waals surface area contributed by atoms with Gasteiger partial charge < -0.3 is 14.4 Å². The largest absolute Gasteiger partial charge is 0.468 e. The summed E-state index contributed by atoms with van der Waals surface area (Å²) in [5.74, 6) is 1.38. The Labute approximate surface area is 190 Å². The molecule has 2 aliphatic heterocycles. The first kappa shape index (κ1) is 20.9. The molecule has 0 N–H and O–H groups in total. The summed E-state index contributed by atoms with van der Waals surface area (Å²) in [5.41, 5.74) is -0.779. The van der Waals surface area contributed by atoms with Gasteiger partial charge in [0.25, 0.3) is 0 Å². The van der Waals surface area contributed by atoms with Crippen molar-refractivity contribution >= 4 is 27.4 Å². The fourth-order valence-electron chi connectivity index (χ4n) is 3.81. The van der Waals surface area contributed by atoms with Crippen LogP contribution in [0.5, 0.6) is 11.8 Å². The van der Waals surface area contributed by atoms with Gasteiger partial charge in [0.15, 0.2) is 0 Å². The molecular weight excluding hydrogens is 454 g/mol. The van der Waals surface area contributed by atoms with Crippen molar-refractivity contribution in [2.75, 3.05) is 24.6 Å². The van der Waals surface area contributed by atoms with E-state index in [4.69, 9.17) is 21.1 Å². The molecule has 1 fully saturated rings. The van der Waals surface area contributed by atoms with E-state index in [1.54, 1.807) is 30.6 Å². The third kappa shape index (κ3) is 4.07. The highest BCUT2D eigenvalue weighted by atomic mass is 35.5. The number of fused-ring (bicyclic) bond motifs is 1. The fraction of sp³-hybridized carbons (Fsp3) is 0.333. The summed E-state index contributed by atoms with van der Waals surface area (Å²) in [4.78, 5) is 19.2. The van der Waals surface area contributed by atoms with Crippen LogP contribution < -0.4 is 14.4 Å². The summed E-state index contributed by atoms with van der Waals surface area (Å²) in [6.45, 7) is 2.14. The van der Waals surface area contributed by atoms with Gasteiger partial charge in [-0.05, 0) is 30.9 Å². The number of piperidine rings is 1. The first-order chi connectivity index (χ1) is 15.5. The molecule has 4 heterocycles. The van der Waals surface area contributed by atoms with E-state index in [0.717, 1.165) is 25.9 Å². The summed E-state index contributed by atoms with van der Waals surface area (Å²) in [5, 5.41) is 0.518. The quantitative estimate of drug-likeness (QED) is 0.552. The number of halogens is 1. The molecule has 3 aromatic rings. The number of hydrogen-bond donors (Lipinski definition) is 0. The van der Waals surface area contributed by atoms with Crippen LogP contribution in [0.3, 0.4) is 0 Å². The van der Waals surface area contributed by atoms with Crippen LogP contribution in [0.4, 0.5) is 5.95 Å². The molecule has 1 atom stereocenters. The number of nitrogens with zero attached hydrogens (tertiary/aromatic N) is 5. The maximum Gasteiger partial charge on any atom is 0.316 e. The molecule has 166 valence electrons. The van der Waals surface area contributed by atoms with Crippen LogP contribution >= 0.6 is 11.6 Å². The van der Waals surface area contributed by atoms with E-state index in [9.17, 15) is 8.42 Å². The number of aromatic nitrogens is 4. The van der Waals surface area contributed by atoms with E-state index < -0.39 is 15.3 Å². The average molecular weight is 474 g/mol. The smallest absolute Gasteiger partial charge is 0.316 e. The minimum absolute atomic E-state index is 0.181. The number of rotatable bonds is 5. The second-order valence-corrected chi connectivity index (χ2v) is 10.1. The molecule has 11 heteroatoms. The number of sulfone groups is 1. The summed E-state index contributed by atoms with van der Waals surface area (Å²) >= 11 is 5.85. The fourth-order valence-corrected chi connectivity index (χ4v) is 5.51. The molecule has 9 nitrogen and oxygen atoms in total. The number of para-hydroxylation sites is 1. The van der Waals surface area contributed by atoms with Crippen molar-refractivity contribution in [1.82, 2.24) is 19.9 Å². The molecule has 0 saturated carbocycles. The Kier molecular flexibility index (Phi) is 5.56. The van der Waals surface area contributed by atoms with Crippen molar-refractivity contribution in [2.24, 2.45) is 5.92 Å². The van der Waals surface area contributed by atoms with Crippen LogP contribution in [-0.4, -0.2) is 48.1 Å². The highest BCUT2D eigenvalue weighted by Crippen LogP contribution is 2.42. The maximum absolute atomic E-state index is 12.7. The van der Waals surface area contributed by atoms with Crippen LogP contribution in [0.2, 0.25) is 5.02 Å². The van der Waals surface area contributed by atoms with Crippen molar-refractivity contribution in [1.29, 1.82) is 0 Å². The van der Waals surface area contributed by atoms with Gasteiger partial charge in [-0.25, -0.2) is 28.4 Å². The lowest BCUT2D eigenvalue weighted by molar-refractivity contribution is 0.207. The van der Waals surface area contributed by atoms with Gasteiger partial charge in [-0.15, -0.1) is 0 Å². The van der Waals surface area contributed by atoms with Gasteiger partial charge in [-0.2, -0.15) is 0 Å². The van der Waals surface area contributed by atoms with Gasteiger partial charge in [0, 0.05) is 31.0 Å². The normalized spacial score (nSPS) is 19.9. The number of hydrogen-bond acceptors (Lipinski definition) is 9. The Bertz CT molecular complexity index is 1200. The van der Waals surface area contributed by atoms with Crippen LogP contribution in [0.15, 0.2) is 53.9 Å². The van der Waals surface area contributed by atoms with E-state index in [-0.39, 0.29) is 10.9 Å². The molecule has 32 heavy (non-hydrogen) atoms. The third-order valence-corrected chi connectivity index (χ3v) is 7.62. The predicted molar refractivity (Wildman–Crippen MR) is 117 cm³/mol. The third-order valence-electron chi connectivity index (χ3n) is 5.54. The molecule has 1 unspecified atom stereocenters. The minimum Gasteiger partial charge on any atom is -0.468 e. The van der Waals surface area contributed by atoms with Crippen LogP contribution in [0.1, 0.15) is 23.8 Å². The number of ether oxygens (including phenoxy) is 2. The van der Waals surface area contributed by atoms with Crippen molar-refractivity contribution in [2.45, 2.75) is 23.2 Å². The standard InChI is InChI=1S/C21H20ClN5O4S/c22-16-11-23-20(24-12-16)27-7-5-14(6-8-27)13-30-21-25-9-15(10-26-21)19-31-17-3-1-2-4-18(17)32(19,28)29/h1-4,9-12,14,19H,5-8,13H2. The molecule has 5 rings (SSSR count). The van der Waals surface area contributed by atoms with Crippen molar-refractivity contribution in [3.05, 3.63) is 59.6 Å². The van der Waals surface area contributed by atoms with Crippen molar-refractivity contribution < 1.29 is 17.9 Å². The monoisotopic (exact) mass is 473 g/mol. The van der Waals surface area contributed by atoms with Gasteiger partial charge in [0.2, 0.25) is 21.2 Å². The topological polar surface area (TPSA) is 107 Å². The van der Waals surface area contributed by atoms with Crippen molar-refractivity contribution in [3.8, 4) is 11.8 Å². The molecule has 0 amide bonds. The molecule has 2 aromatic heterocycles. The second-order valence-electron chi connectivity index (χ2n) is 7.68. The highest BCUT2D eigenvalue weighted by molar-refractivity contribution is 7.91.